The predicted molar refractivity (Wildman–Crippen MR) is 117 cm³/mol. The maximum atomic E-state index is 12.5. The quantitative estimate of drug-likeness (QED) is 0.439. The number of ether oxygens (including phenoxy) is 1. The smallest absolute Gasteiger partial charge is 0.236 e. The lowest BCUT2D eigenvalue weighted by atomic mass is 10.2. The lowest BCUT2D eigenvalue weighted by molar-refractivity contribution is -0.113. The van der Waals surface area contributed by atoms with Crippen molar-refractivity contribution in [2.75, 3.05) is 18.2 Å². The van der Waals surface area contributed by atoms with Crippen LogP contribution < -0.4 is 10.1 Å². The molecule has 2 heterocycles. The molecule has 1 amide bonds. The first-order valence-corrected chi connectivity index (χ1v) is 10.4. The molecule has 2 aromatic carbocycles. The van der Waals surface area contributed by atoms with Crippen LogP contribution in [-0.4, -0.2) is 38.1 Å². The molecular formula is C22H21N5O2S. The zero-order chi connectivity index (χ0) is 20.8. The molecule has 7 nitrogen and oxygen atoms in total. The number of hydrogen-bond donors (Lipinski definition) is 1. The fourth-order valence-corrected chi connectivity index (χ4v) is 3.71. The Bertz CT molecular complexity index is 1110. The third kappa shape index (κ3) is 4.72. The van der Waals surface area contributed by atoms with Gasteiger partial charge in [-0.1, -0.05) is 48.2 Å². The molecule has 0 bridgehead atoms. The van der Waals surface area contributed by atoms with Gasteiger partial charge in [0.2, 0.25) is 11.9 Å². The average molecular weight is 420 g/mol. The molecule has 1 N–H and O–H groups in total. The first-order valence-electron chi connectivity index (χ1n) is 9.40. The van der Waals surface area contributed by atoms with Crippen molar-refractivity contribution in [1.82, 2.24) is 19.3 Å². The van der Waals surface area contributed by atoms with Crippen LogP contribution in [-0.2, 0) is 11.3 Å². The van der Waals surface area contributed by atoms with Gasteiger partial charge in [-0.05, 0) is 29.8 Å². The predicted octanol–water partition coefficient (Wildman–Crippen LogP) is 3.86. The highest BCUT2D eigenvalue weighted by Gasteiger charge is 2.16. The number of anilines is 1. The lowest BCUT2D eigenvalue weighted by Gasteiger charge is -2.11. The summed E-state index contributed by atoms with van der Waals surface area (Å²) in [5.74, 6) is 1.50. The third-order valence-corrected chi connectivity index (χ3v) is 5.37. The SMILES string of the molecule is COc1cccc(NC(=O)CSc2nnc(-n3cccc3)n2Cc2ccccc2)c1. The zero-order valence-electron chi connectivity index (χ0n) is 16.4. The minimum Gasteiger partial charge on any atom is -0.497 e. The molecule has 30 heavy (non-hydrogen) atoms. The minimum absolute atomic E-state index is 0.120. The summed E-state index contributed by atoms with van der Waals surface area (Å²) >= 11 is 1.35. The van der Waals surface area contributed by atoms with Gasteiger partial charge in [0, 0.05) is 24.1 Å². The highest BCUT2D eigenvalue weighted by molar-refractivity contribution is 7.99. The number of hydrogen-bond acceptors (Lipinski definition) is 5. The van der Waals surface area contributed by atoms with Gasteiger partial charge in [0.15, 0.2) is 5.16 Å². The molecular weight excluding hydrogens is 398 g/mol. The van der Waals surface area contributed by atoms with Crippen LogP contribution in [0.1, 0.15) is 5.56 Å². The highest BCUT2D eigenvalue weighted by atomic mass is 32.2. The fraction of sp³-hybridized carbons (Fsp3) is 0.136. The molecule has 4 rings (SSSR count). The van der Waals surface area contributed by atoms with Gasteiger partial charge in [-0.2, -0.15) is 0 Å². The van der Waals surface area contributed by atoms with Crippen LogP contribution >= 0.6 is 11.8 Å². The molecule has 0 fully saturated rings. The van der Waals surface area contributed by atoms with Crippen LogP contribution in [0, 0.1) is 0 Å². The van der Waals surface area contributed by atoms with Crippen molar-refractivity contribution in [2.45, 2.75) is 11.7 Å². The average Bonchev–Trinajstić information content (AvgIpc) is 3.43. The monoisotopic (exact) mass is 419 g/mol. The number of methoxy groups -OCH3 is 1. The number of benzene rings is 2. The Morgan fingerprint density at radius 3 is 2.60 bits per heavy atom. The van der Waals surface area contributed by atoms with Crippen molar-refractivity contribution in [1.29, 1.82) is 0 Å². The summed E-state index contributed by atoms with van der Waals surface area (Å²) in [6, 6.07) is 21.3. The van der Waals surface area contributed by atoms with E-state index in [9.17, 15) is 4.79 Å². The van der Waals surface area contributed by atoms with Crippen LogP contribution in [0.2, 0.25) is 0 Å². The third-order valence-electron chi connectivity index (χ3n) is 4.40. The van der Waals surface area contributed by atoms with Crippen LogP contribution in [0.3, 0.4) is 0 Å². The summed E-state index contributed by atoms with van der Waals surface area (Å²) in [5, 5.41) is 12.2. The normalized spacial score (nSPS) is 10.7. The molecule has 152 valence electrons. The van der Waals surface area contributed by atoms with Crippen molar-refractivity contribution < 1.29 is 9.53 Å². The largest absolute Gasteiger partial charge is 0.497 e. The zero-order valence-corrected chi connectivity index (χ0v) is 17.2. The Labute approximate surface area is 178 Å². The van der Waals surface area contributed by atoms with E-state index < -0.39 is 0 Å². The van der Waals surface area contributed by atoms with E-state index in [-0.39, 0.29) is 11.7 Å². The summed E-state index contributed by atoms with van der Waals surface area (Å²) in [4.78, 5) is 12.5. The standard InChI is InChI=1S/C22H21N5O2S/c1-29-19-11-7-10-18(14-19)23-20(28)16-30-22-25-24-21(26-12-5-6-13-26)27(22)15-17-8-3-2-4-9-17/h2-14H,15-16H2,1H3,(H,23,28). The summed E-state index contributed by atoms with van der Waals surface area (Å²) in [6.45, 7) is 0.612. The van der Waals surface area contributed by atoms with Crippen molar-refractivity contribution in [3.8, 4) is 11.7 Å². The molecule has 0 unspecified atom stereocenters. The van der Waals surface area contributed by atoms with Crippen LogP contribution in [0.4, 0.5) is 5.69 Å². The number of amides is 1. The van der Waals surface area contributed by atoms with Gasteiger partial charge in [-0.3, -0.25) is 13.9 Å². The van der Waals surface area contributed by atoms with Crippen LogP contribution in [0.15, 0.2) is 84.3 Å². The maximum absolute atomic E-state index is 12.5. The Hall–Kier alpha value is -3.52. The number of nitrogens with zero attached hydrogens (tertiary/aromatic N) is 4. The topological polar surface area (TPSA) is 74.0 Å². The van der Waals surface area contributed by atoms with Crippen LogP contribution in [0.5, 0.6) is 5.75 Å². The molecule has 4 aromatic rings. The van der Waals surface area contributed by atoms with E-state index in [1.165, 1.54) is 11.8 Å². The minimum atomic E-state index is -0.120. The van der Waals surface area contributed by atoms with Gasteiger partial charge in [0.05, 0.1) is 19.4 Å². The number of aromatic nitrogens is 4. The molecule has 0 aliphatic heterocycles. The molecule has 0 aliphatic rings. The van der Waals surface area contributed by atoms with Gasteiger partial charge >= 0.3 is 0 Å². The summed E-state index contributed by atoms with van der Waals surface area (Å²) < 4.78 is 9.12. The first kappa shape index (κ1) is 19.8. The molecule has 0 atom stereocenters. The molecule has 0 spiro atoms. The highest BCUT2D eigenvalue weighted by Crippen LogP contribution is 2.22. The van der Waals surface area contributed by atoms with Gasteiger partial charge in [0.25, 0.3) is 0 Å². The van der Waals surface area contributed by atoms with Gasteiger partial charge < -0.3 is 10.1 Å². The van der Waals surface area contributed by atoms with Crippen molar-refractivity contribution in [3.63, 3.8) is 0 Å². The summed E-state index contributed by atoms with van der Waals surface area (Å²) in [7, 11) is 1.60. The van der Waals surface area contributed by atoms with Crippen molar-refractivity contribution in [3.05, 3.63) is 84.7 Å². The fourth-order valence-electron chi connectivity index (χ4n) is 2.98. The van der Waals surface area contributed by atoms with E-state index in [0.29, 0.717) is 29.1 Å². The van der Waals surface area contributed by atoms with Crippen molar-refractivity contribution >= 4 is 23.4 Å². The van der Waals surface area contributed by atoms with E-state index in [2.05, 4.69) is 27.6 Å². The van der Waals surface area contributed by atoms with E-state index in [1.807, 2.05) is 70.1 Å². The Morgan fingerprint density at radius 1 is 1.03 bits per heavy atom. The molecule has 0 aliphatic carbocycles. The number of nitrogens with one attached hydrogen (secondary N) is 1. The summed E-state index contributed by atoms with van der Waals surface area (Å²) in [5.41, 5.74) is 1.83. The van der Waals surface area contributed by atoms with E-state index in [1.54, 1.807) is 13.2 Å². The lowest BCUT2D eigenvalue weighted by Crippen LogP contribution is -2.15. The Balaban J connectivity index is 1.50. The molecule has 0 saturated carbocycles. The molecule has 0 saturated heterocycles. The molecule has 0 radical (unpaired) electrons. The number of thioether (sulfide) groups is 1. The number of carbonyl (C=O) groups excluding carboxylic acids is 1. The number of carbonyl (C=O) groups is 1. The van der Waals surface area contributed by atoms with Crippen molar-refractivity contribution in [2.24, 2.45) is 0 Å². The van der Waals surface area contributed by atoms with E-state index >= 15 is 0 Å². The van der Waals surface area contributed by atoms with Gasteiger partial charge in [-0.25, -0.2) is 0 Å². The van der Waals surface area contributed by atoms with Gasteiger partial charge in [0.1, 0.15) is 5.75 Å². The molecule has 2 aromatic heterocycles. The van der Waals surface area contributed by atoms with Crippen LogP contribution in [0.25, 0.3) is 5.95 Å². The Morgan fingerprint density at radius 2 is 1.83 bits per heavy atom. The van der Waals surface area contributed by atoms with E-state index in [0.717, 1.165) is 5.56 Å². The molecule has 8 heteroatoms. The second kappa shape index (κ2) is 9.32. The maximum Gasteiger partial charge on any atom is 0.236 e. The summed E-state index contributed by atoms with van der Waals surface area (Å²) in [6.07, 6.45) is 3.85. The first-order chi connectivity index (χ1) is 14.7. The van der Waals surface area contributed by atoms with Gasteiger partial charge in [-0.15, -0.1) is 10.2 Å². The number of rotatable bonds is 8. The van der Waals surface area contributed by atoms with E-state index in [4.69, 9.17) is 4.74 Å². The second-order valence-electron chi connectivity index (χ2n) is 6.51. The second-order valence-corrected chi connectivity index (χ2v) is 7.46. The Kier molecular flexibility index (Phi) is 6.14.